The summed E-state index contributed by atoms with van der Waals surface area (Å²) in [6.45, 7) is 0.885. The Hall–Kier alpha value is -1.39. The van der Waals surface area contributed by atoms with E-state index in [4.69, 9.17) is 5.84 Å². The molecule has 4 heteroatoms. The van der Waals surface area contributed by atoms with Gasteiger partial charge in [0.15, 0.2) is 0 Å². The van der Waals surface area contributed by atoms with Gasteiger partial charge in [0.25, 0.3) is 5.91 Å². The first-order valence-corrected chi connectivity index (χ1v) is 7.01. The van der Waals surface area contributed by atoms with Crippen LogP contribution < -0.4 is 11.3 Å². The predicted octanol–water partition coefficient (Wildman–Crippen LogP) is 2.05. The second kappa shape index (κ2) is 6.68. The van der Waals surface area contributed by atoms with Gasteiger partial charge in [-0.15, -0.1) is 0 Å². The first-order chi connectivity index (χ1) is 9.20. The van der Waals surface area contributed by atoms with Gasteiger partial charge in [0.05, 0.1) is 0 Å². The lowest BCUT2D eigenvalue weighted by molar-refractivity contribution is 0.0953. The SMILES string of the molecule is CN(Cc1cccc(C(=O)NN)c1)C1CCCCC1. The topological polar surface area (TPSA) is 58.4 Å². The van der Waals surface area contributed by atoms with Gasteiger partial charge in [-0.25, -0.2) is 5.84 Å². The van der Waals surface area contributed by atoms with Crippen molar-refractivity contribution in [3.8, 4) is 0 Å². The molecule has 1 aromatic carbocycles. The molecule has 1 aromatic rings. The second-order valence-electron chi connectivity index (χ2n) is 5.38. The molecule has 0 aromatic heterocycles. The molecule has 1 aliphatic carbocycles. The van der Waals surface area contributed by atoms with Crippen LogP contribution in [0.25, 0.3) is 0 Å². The van der Waals surface area contributed by atoms with Crippen molar-refractivity contribution in [3.63, 3.8) is 0 Å². The third-order valence-electron chi connectivity index (χ3n) is 3.95. The molecule has 1 aliphatic rings. The van der Waals surface area contributed by atoms with Crippen LogP contribution >= 0.6 is 0 Å². The molecule has 1 saturated carbocycles. The number of hydrazine groups is 1. The number of nitrogens with two attached hydrogens (primary N) is 1. The fraction of sp³-hybridized carbons (Fsp3) is 0.533. The molecule has 1 amide bonds. The largest absolute Gasteiger partial charge is 0.299 e. The summed E-state index contributed by atoms with van der Waals surface area (Å²) in [4.78, 5) is 13.9. The number of rotatable bonds is 4. The van der Waals surface area contributed by atoms with E-state index in [1.807, 2.05) is 12.1 Å². The van der Waals surface area contributed by atoms with E-state index in [2.05, 4.69) is 23.4 Å². The Kier molecular flexibility index (Phi) is 4.93. The zero-order valence-corrected chi connectivity index (χ0v) is 11.6. The number of nitrogen functional groups attached to an aromatic ring is 1. The van der Waals surface area contributed by atoms with Crippen molar-refractivity contribution in [2.45, 2.75) is 44.7 Å². The van der Waals surface area contributed by atoms with Crippen LogP contribution in [0.4, 0.5) is 0 Å². The summed E-state index contributed by atoms with van der Waals surface area (Å²) in [7, 11) is 2.17. The molecule has 0 heterocycles. The number of amides is 1. The van der Waals surface area contributed by atoms with Crippen LogP contribution in [0.15, 0.2) is 24.3 Å². The van der Waals surface area contributed by atoms with E-state index in [-0.39, 0.29) is 5.91 Å². The van der Waals surface area contributed by atoms with Crippen LogP contribution in [-0.2, 0) is 6.54 Å². The number of nitrogens with one attached hydrogen (secondary N) is 1. The van der Waals surface area contributed by atoms with Crippen molar-refractivity contribution in [3.05, 3.63) is 35.4 Å². The summed E-state index contributed by atoms with van der Waals surface area (Å²) in [5.41, 5.74) is 3.96. The number of hydrogen-bond acceptors (Lipinski definition) is 3. The van der Waals surface area contributed by atoms with Gasteiger partial charge in [0, 0.05) is 18.2 Å². The summed E-state index contributed by atoms with van der Waals surface area (Å²) >= 11 is 0. The predicted molar refractivity (Wildman–Crippen MR) is 76.4 cm³/mol. The Labute approximate surface area is 114 Å². The van der Waals surface area contributed by atoms with Crippen molar-refractivity contribution >= 4 is 5.91 Å². The van der Waals surface area contributed by atoms with Gasteiger partial charge in [-0.2, -0.15) is 0 Å². The molecular weight excluding hydrogens is 238 g/mol. The quantitative estimate of drug-likeness (QED) is 0.495. The van der Waals surface area contributed by atoms with Gasteiger partial charge in [-0.05, 0) is 37.6 Å². The molecule has 1 fully saturated rings. The molecule has 2 rings (SSSR count). The smallest absolute Gasteiger partial charge is 0.265 e. The van der Waals surface area contributed by atoms with Gasteiger partial charge < -0.3 is 0 Å². The highest BCUT2D eigenvalue weighted by molar-refractivity contribution is 5.93. The number of carbonyl (C=O) groups is 1. The summed E-state index contributed by atoms with van der Waals surface area (Å²) in [6, 6.07) is 8.36. The molecule has 0 radical (unpaired) electrons. The minimum absolute atomic E-state index is 0.234. The van der Waals surface area contributed by atoms with Crippen LogP contribution in [0.3, 0.4) is 0 Å². The zero-order chi connectivity index (χ0) is 13.7. The van der Waals surface area contributed by atoms with E-state index >= 15 is 0 Å². The molecule has 0 bridgehead atoms. The maximum Gasteiger partial charge on any atom is 0.265 e. The highest BCUT2D eigenvalue weighted by atomic mass is 16.2. The number of hydrogen-bond donors (Lipinski definition) is 2. The zero-order valence-electron chi connectivity index (χ0n) is 11.6. The molecule has 4 nitrogen and oxygen atoms in total. The fourth-order valence-electron chi connectivity index (χ4n) is 2.83. The van der Waals surface area contributed by atoms with Gasteiger partial charge in [0.1, 0.15) is 0 Å². The van der Waals surface area contributed by atoms with E-state index in [0.717, 1.165) is 12.1 Å². The highest BCUT2D eigenvalue weighted by Gasteiger charge is 2.18. The molecule has 104 valence electrons. The normalized spacial score (nSPS) is 16.6. The standard InChI is InChI=1S/C15H23N3O/c1-18(14-8-3-2-4-9-14)11-12-6-5-7-13(10-12)15(19)17-16/h5-7,10,14H,2-4,8-9,11,16H2,1H3,(H,17,19). The summed E-state index contributed by atoms with van der Waals surface area (Å²) < 4.78 is 0. The van der Waals surface area contributed by atoms with Crippen LogP contribution in [0.2, 0.25) is 0 Å². The van der Waals surface area contributed by atoms with E-state index in [1.165, 1.54) is 32.1 Å². The minimum Gasteiger partial charge on any atom is -0.299 e. The van der Waals surface area contributed by atoms with E-state index in [9.17, 15) is 4.79 Å². The van der Waals surface area contributed by atoms with Crippen LogP contribution in [0.1, 0.15) is 48.0 Å². The van der Waals surface area contributed by atoms with Crippen molar-refractivity contribution in [2.75, 3.05) is 7.05 Å². The third-order valence-corrected chi connectivity index (χ3v) is 3.95. The molecule has 3 N–H and O–H groups in total. The van der Waals surface area contributed by atoms with Gasteiger partial charge in [0.2, 0.25) is 0 Å². The first-order valence-electron chi connectivity index (χ1n) is 7.01. The lowest BCUT2D eigenvalue weighted by atomic mass is 9.94. The Balaban J connectivity index is 1.99. The average molecular weight is 261 g/mol. The molecule has 0 atom stereocenters. The highest BCUT2D eigenvalue weighted by Crippen LogP contribution is 2.22. The molecule has 0 unspecified atom stereocenters. The second-order valence-corrected chi connectivity index (χ2v) is 5.38. The van der Waals surface area contributed by atoms with E-state index < -0.39 is 0 Å². The summed E-state index contributed by atoms with van der Waals surface area (Å²) in [5, 5.41) is 0. The van der Waals surface area contributed by atoms with Crippen molar-refractivity contribution in [1.29, 1.82) is 0 Å². The minimum atomic E-state index is -0.234. The van der Waals surface area contributed by atoms with Gasteiger partial charge in [-0.1, -0.05) is 31.4 Å². The first kappa shape index (κ1) is 14.0. The summed E-state index contributed by atoms with van der Waals surface area (Å²) in [5.74, 6) is 4.93. The Morgan fingerprint density at radius 1 is 1.37 bits per heavy atom. The van der Waals surface area contributed by atoms with Gasteiger partial charge in [-0.3, -0.25) is 15.1 Å². The Morgan fingerprint density at radius 3 is 2.79 bits per heavy atom. The monoisotopic (exact) mass is 261 g/mol. The molecule has 0 spiro atoms. The van der Waals surface area contributed by atoms with E-state index in [0.29, 0.717) is 11.6 Å². The van der Waals surface area contributed by atoms with E-state index in [1.54, 1.807) is 6.07 Å². The van der Waals surface area contributed by atoms with Crippen LogP contribution in [-0.4, -0.2) is 23.9 Å². The molecule has 19 heavy (non-hydrogen) atoms. The summed E-state index contributed by atoms with van der Waals surface area (Å²) in [6.07, 6.45) is 6.63. The number of benzene rings is 1. The average Bonchev–Trinajstić information content (AvgIpc) is 2.47. The molecular formula is C15H23N3O. The number of nitrogens with zero attached hydrogens (tertiary/aromatic N) is 1. The van der Waals surface area contributed by atoms with Crippen molar-refractivity contribution in [2.24, 2.45) is 5.84 Å². The van der Waals surface area contributed by atoms with Crippen LogP contribution in [0, 0.1) is 0 Å². The Morgan fingerprint density at radius 2 is 2.11 bits per heavy atom. The third kappa shape index (κ3) is 3.78. The van der Waals surface area contributed by atoms with Crippen LogP contribution in [0.5, 0.6) is 0 Å². The maximum atomic E-state index is 11.5. The lowest BCUT2D eigenvalue weighted by Gasteiger charge is -2.31. The fourth-order valence-corrected chi connectivity index (χ4v) is 2.83. The van der Waals surface area contributed by atoms with Crippen molar-refractivity contribution < 1.29 is 4.79 Å². The Bertz CT molecular complexity index is 427. The maximum absolute atomic E-state index is 11.5. The van der Waals surface area contributed by atoms with Crippen molar-refractivity contribution in [1.82, 2.24) is 10.3 Å². The molecule has 0 aliphatic heterocycles. The lowest BCUT2D eigenvalue weighted by Crippen LogP contribution is -2.33. The molecule has 0 saturated heterocycles. The van der Waals surface area contributed by atoms with Gasteiger partial charge >= 0.3 is 0 Å². The number of carbonyl (C=O) groups excluding carboxylic acids is 1.